The highest BCUT2D eigenvalue weighted by molar-refractivity contribution is 5.69. The largest absolute Gasteiger partial charge is 0.463 e. The van der Waals surface area contributed by atoms with E-state index in [0.717, 1.165) is 48.5 Å². The van der Waals surface area contributed by atoms with Crippen LogP contribution in [0.25, 0.3) is 0 Å². The molecule has 0 saturated carbocycles. The van der Waals surface area contributed by atoms with E-state index < -0.39 is 110 Å². The summed E-state index contributed by atoms with van der Waals surface area (Å²) in [6.45, 7) is 6.53. The Balaban J connectivity index is 2.54. The first-order chi connectivity index (χ1) is 19.6. The van der Waals surface area contributed by atoms with Gasteiger partial charge in [0.05, 0.1) is 6.61 Å². The van der Waals surface area contributed by atoms with Crippen LogP contribution in [0.15, 0.2) is 0 Å². The van der Waals surface area contributed by atoms with Gasteiger partial charge in [0.2, 0.25) is 12.6 Å². The molecule has 17 heteroatoms. The molecule has 2 aliphatic heterocycles. The van der Waals surface area contributed by atoms with Crippen LogP contribution in [0.1, 0.15) is 48.5 Å². The number of hydrogen-bond donors (Lipinski definition) is 0. The molecule has 2 aliphatic rings. The number of esters is 7. The molecule has 0 spiro atoms. The number of hydrogen-bond acceptors (Lipinski definition) is 17. The lowest BCUT2D eigenvalue weighted by molar-refractivity contribution is -0.366. The van der Waals surface area contributed by atoms with Gasteiger partial charge in [-0.05, 0) is 0 Å². The van der Waals surface area contributed by atoms with Crippen LogP contribution in [0.2, 0.25) is 0 Å². The molecule has 0 amide bonds. The molecular weight excluding hydrogens is 572 g/mol. The second kappa shape index (κ2) is 15.4. The Morgan fingerprint density at radius 2 is 0.952 bits per heavy atom. The van der Waals surface area contributed by atoms with E-state index >= 15 is 0 Å². The molecule has 0 N–H and O–H groups in total. The summed E-state index contributed by atoms with van der Waals surface area (Å²) >= 11 is 0. The Labute approximate surface area is 240 Å². The zero-order valence-corrected chi connectivity index (χ0v) is 24.1. The predicted octanol–water partition coefficient (Wildman–Crippen LogP) is -0.762. The third kappa shape index (κ3) is 10.2. The average molecular weight is 607 g/mol. The summed E-state index contributed by atoms with van der Waals surface area (Å²) in [5.74, 6) is -5.74. The summed E-state index contributed by atoms with van der Waals surface area (Å²) < 4.78 is 54.2. The first-order valence-corrected chi connectivity index (χ1v) is 12.7. The maximum Gasteiger partial charge on any atom is 0.303 e. The SMILES string of the molecule is CC(=O)OC[C@H]1O[C@@H](O[C@H]2OC[C@H](OC(C)=O)[C@@H](OC(C)=O)[C@H]2OC(C)=O)[C@H](OC(C)=O)[C@@H](OC(C)=O)[C@@H]1OC(C)=O. The van der Waals surface area contributed by atoms with E-state index in [2.05, 4.69) is 0 Å². The van der Waals surface area contributed by atoms with E-state index in [1.807, 2.05) is 0 Å². The third-order valence-electron chi connectivity index (χ3n) is 5.52. The lowest BCUT2D eigenvalue weighted by Gasteiger charge is -2.46. The van der Waals surface area contributed by atoms with Crippen LogP contribution in [0.3, 0.4) is 0 Å². The minimum Gasteiger partial charge on any atom is -0.463 e. The van der Waals surface area contributed by atoms with Gasteiger partial charge in [-0.3, -0.25) is 33.6 Å². The molecule has 0 aromatic rings. The van der Waals surface area contributed by atoms with Crippen molar-refractivity contribution in [2.45, 2.75) is 104 Å². The van der Waals surface area contributed by atoms with Gasteiger partial charge in [-0.1, -0.05) is 0 Å². The van der Waals surface area contributed by atoms with E-state index in [1.54, 1.807) is 0 Å². The topological polar surface area (TPSA) is 212 Å². The summed E-state index contributed by atoms with van der Waals surface area (Å²) in [5, 5.41) is 0. The standard InChI is InChI=1S/C25H34O17/c1-10(26)33-8-18-19(36-12(3)28)21(38-14(5)30)23(40-16(7)32)25(41-18)42-24-22(39-15(6)31)20(37-13(4)29)17(9-34-24)35-11(2)27/h17-25H,8-9H2,1-7H3/t17-,18+,19+,20+,21-,22+,23+,24+,25-/m0/s1. The van der Waals surface area contributed by atoms with Crippen LogP contribution in [-0.2, 0) is 80.9 Å². The smallest absolute Gasteiger partial charge is 0.303 e. The zero-order chi connectivity index (χ0) is 31.7. The number of rotatable bonds is 10. The van der Waals surface area contributed by atoms with Crippen LogP contribution in [0, 0.1) is 0 Å². The van der Waals surface area contributed by atoms with Gasteiger partial charge in [-0.15, -0.1) is 0 Å². The molecule has 0 bridgehead atoms. The minimum absolute atomic E-state index is 0.411. The fourth-order valence-electron chi connectivity index (χ4n) is 4.26. The molecule has 2 heterocycles. The Bertz CT molecular complexity index is 1040. The molecule has 17 nitrogen and oxygen atoms in total. The van der Waals surface area contributed by atoms with Gasteiger partial charge in [0.25, 0.3) is 0 Å². The molecule has 236 valence electrons. The molecule has 2 saturated heterocycles. The summed E-state index contributed by atoms with van der Waals surface area (Å²) in [6, 6.07) is 0. The van der Waals surface area contributed by atoms with Gasteiger partial charge in [-0.2, -0.15) is 0 Å². The zero-order valence-electron chi connectivity index (χ0n) is 24.1. The lowest BCUT2D eigenvalue weighted by Crippen LogP contribution is -2.65. The van der Waals surface area contributed by atoms with Crippen LogP contribution in [-0.4, -0.2) is 110 Å². The molecule has 0 aliphatic carbocycles. The molecule has 42 heavy (non-hydrogen) atoms. The highest BCUT2D eigenvalue weighted by atomic mass is 16.8. The normalized spacial score (nSPS) is 30.6. The van der Waals surface area contributed by atoms with Gasteiger partial charge in [0, 0.05) is 48.5 Å². The Morgan fingerprint density at radius 1 is 0.524 bits per heavy atom. The van der Waals surface area contributed by atoms with Gasteiger partial charge < -0.3 is 47.4 Å². The second-order valence-corrected chi connectivity index (χ2v) is 9.20. The highest BCUT2D eigenvalue weighted by Gasteiger charge is 2.56. The van der Waals surface area contributed by atoms with Crippen molar-refractivity contribution < 1.29 is 80.9 Å². The van der Waals surface area contributed by atoms with Crippen molar-refractivity contribution in [3.63, 3.8) is 0 Å². The molecule has 2 fully saturated rings. The highest BCUT2D eigenvalue weighted by Crippen LogP contribution is 2.33. The Morgan fingerprint density at radius 3 is 1.43 bits per heavy atom. The average Bonchev–Trinajstić information content (AvgIpc) is 2.83. The van der Waals surface area contributed by atoms with Crippen molar-refractivity contribution in [1.29, 1.82) is 0 Å². The van der Waals surface area contributed by atoms with Crippen LogP contribution >= 0.6 is 0 Å². The minimum atomic E-state index is -1.71. The summed E-state index contributed by atoms with van der Waals surface area (Å²) in [4.78, 5) is 83.1. The summed E-state index contributed by atoms with van der Waals surface area (Å²) in [7, 11) is 0. The molecule has 0 unspecified atom stereocenters. The van der Waals surface area contributed by atoms with Gasteiger partial charge in [-0.25, -0.2) is 0 Å². The van der Waals surface area contributed by atoms with E-state index in [9.17, 15) is 33.6 Å². The van der Waals surface area contributed by atoms with Gasteiger partial charge >= 0.3 is 41.8 Å². The first-order valence-electron chi connectivity index (χ1n) is 12.7. The molecule has 0 aromatic carbocycles. The van der Waals surface area contributed by atoms with E-state index in [4.69, 9.17) is 47.4 Å². The summed E-state index contributed by atoms with van der Waals surface area (Å²) in [6.07, 6.45) is -13.5. The Kier molecular flexibility index (Phi) is 12.6. The van der Waals surface area contributed by atoms with Crippen molar-refractivity contribution >= 4 is 41.8 Å². The van der Waals surface area contributed by atoms with Crippen LogP contribution < -0.4 is 0 Å². The maximum absolute atomic E-state index is 12.1. The van der Waals surface area contributed by atoms with E-state index in [0.29, 0.717) is 0 Å². The first kappa shape index (κ1) is 34.4. The fraction of sp³-hybridized carbons (Fsp3) is 0.720. The van der Waals surface area contributed by atoms with Crippen molar-refractivity contribution in [2.24, 2.45) is 0 Å². The van der Waals surface area contributed by atoms with Gasteiger partial charge in [0.1, 0.15) is 12.7 Å². The number of carbonyl (C=O) groups is 7. The maximum atomic E-state index is 12.1. The lowest BCUT2D eigenvalue weighted by atomic mass is 9.97. The third-order valence-corrected chi connectivity index (χ3v) is 5.52. The summed E-state index contributed by atoms with van der Waals surface area (Å²) in [5.41, 5.74) is 0. The van der Waals surface area contributed by atoms with Crippen molar-refractivity contribution in [3.8, 4) is 0 Å². The molecular formula is C25H34O17. The Hall–Kier alpha value is -3.83. The number of carbonyl (C=O) groups excluding carboxylic acids is 7. The molecule has 9 atom stereocenters. The van der Waals surface area contributed by atoms with Crippen molar-refractivity contribution in [3.05, 3.63) is 0 Å². The fourth-order valence-corrected chi connectivity index (χ4v) is 4.26. The van der Waals surface area contributed by atoms with Crippen molar-refractivity contribution in [1.82, 2.24) is 0 Å². The van der Waals surface area contributed by atoms with Crippen LogP contribution in [0.4, 0.5) is 0 Å². The monoisotopic (exact) mass is 606 g/mol. The predicted molar refractivity (Wildman–Crippen MR) is 129 cm³/mol. The molecule has 0 radical (unpaired) electrons. The second-order valence-electron chi connectivity index (χ2n) is 9.20. The van der Waals surface area contributed by atoms with E-state index in [1.165, 1.54) is 0 Å². The molecule has 2 rings (SSSR count). The van der Waals surface area contributed by atoms with Crippen LogP contribution in [0.5, 0.6) is 0 Å². The molecule has 0 aromatic heterocycles. The quantitative estimate of drug-likeness (QED) is 0.221. The number of ether oxygens (including phenoxy) is 10. The van der Waals surface area contributed by atoms with Gasteiger partial charge in [0.15, 0.2) is 36.6 Å². The van der Waals surface area contributed by atoms with E-state index in [-0.39, 0.29) is 0 Å². The van der Waals surface area contributed by atoms with Crippen molar-refractivity contribution in [2.75, 3.05) is 13.2 Å².